The number of rotatable bonds is 2. The lowest BCUT2D eigenvalue weighted by molar-refractivity contribution is 0.483. The molecule has 3 heteroatoms. The molecule has 1 aromatic heterocycles. The fourth-order valence-corrected chi connectivity index (χ4v) is 1.40. The highest BCUT2D eigenvalue weighted by atomic mass is 15.4. The first kappa shape index (κ1) is 8.23. The highest BCUT2D eigenvalue weighted by Gasteiger charge is 2.03. The summed E-state index contributed by atoms with van der Waals surface area (Å²) in [6.07, 6.45) is 0. The van der Waals surface area contributed by atoms with Crippen LogP contribution in [0.2, 0.25) is 0 Å². The summed E-state index contributed by atoms with van der Waals surface area (Å²) in [5.41, 5.74) is 2.10. The fraction of sp³-hybridized carbons (Fsp3) is 0.400. The summed E-state index contributed by atoms with van der Waals surface area (Å²) in [5.74, 6) is 0.602. The molecule has 13 heavy (non-hydrogen) atoms. The first-order valence-corrected chi connectivity index (χ1v) is 4.55. The summed E-state index contributed by atoms with van der Waals surface area (Å²) in [6.45, 7) is 5.29. The fourth-order valence-electron chi connectivity index (χ4n) is 1.40. The maximum atomic E-state index is 4.10. The van der Waals surface area contributed by atoms with Crippen LogP contribution >= 0.6 is 0 Å². The van der Waals surface area contributed by atoms with E-state index in [0.29, 0.717) is 5.92 Å². The van der Waals surface area contributed by atoms with E-state index in [2.05, 4.69) is 30.2 Å². The summed E-state index contributed by atoms with van der Waals surface area (Å²) in [4.78, 5) is 0. The van der Waals surface area contributed by atoms with Gasteiger partial charge in [0.25, 0.3) is 0 Å². The highest BCUT2D eigenvalue weighted by Crippen LogP contribution is 2.11. The number of para-hydroxylation sites is 1. The zero-order valence-corrected chi connectivity index (χ0v) is 7.94. The van der Waals surface area contributed by atoms with Crippen molar-refractivity contribution in [1.82, 2.24) is 15.0 Å². The zero-order valence-electron chi connectivity index (χ0n) is 7.94. The van der Waals surface area contributed by atoms with E-state index in [1.807, 2.05) is 22.9 Å². The predicted octanol–water partition coefficient (Wildman–Crippen LogP) is 2.09. The summed E-state index contributed by atoms with van der Waals surface area (Å²) in [6, 6.07) is 8.04. The van der Waals surface area contributed by atoms with Crippen LogP contribution < -0.4 is 0 Å². The molecule has 2 rings (SSSR count). The molecule has 1 aromatic carbocycles. The van der Waals surface area contributed by atoms with Gasteiger partial charge in [-0.3, -0.25) is 0 Å². The van der Waals surface area contributed by atoms with Gasteiger partial charge in [0.2, 0.25) is 0 Å². The molecule has 0 unspecified atom stereocenters. The van der Waals surface area contributed by atoms with Gasteiger partial charge in [-0.2, -0.15) is 0 Å². The lowest BCUT2D eigenvalue weighted by Gasteiger charge is -2.04. The van der Waals surface area contributed by atoms with Gasteiger partial charge in [-0.25, -0.2) is 4.68 Å². The standard InChI is InChI=1S/C10H13N3/c1-8(2)7-13-10-6-4-3-5-9(10)11-12-13/h3-6,8H,7H2,1-2H3. The minimum Gasteiger partial charge on any atom is -0.244 e. The van der Waals surface area contributed by atoms with E-state index in [1.54, 1.807) is 0 Å². The van der Waals surface area contributed by atoms with E-state index in [-0.39, 0.29) is 0 Å². The van der Waals surface area contributed by atoms with Gasteiger partial charge >= 0.3 is 0 Å². The van der Waals surface area contributed by atoms with Crippen LogP contribution in [0, 0.1) is 5.92 Å². The van der Waals surface area contributed by atoms with E-state index < -0.39 is 0 Å². The van der Waals surface area contributed by atoms with Crippen LogP contribution in [-0.2, 0) is 6.54 Å². The Morgan fingerprint density at radius 2 is 2.08 bits per heavy atom. The van der Waals surface area contributed by atoms with Gasteiger partial charge in [0.05, 0.1) is 5.52 Å². The van der Waals surface area contributed by atoms with Crippen LogP contribution in [0.25, 0.3) is 11.0 Å². The van der Waals surface area contributed by atoms with Crippen molar-refractivity contribution in [2.24, 2.45) is 5.92 Å². The number of aromatic nitrogens is 3. The molecule has 0 saturated carbocycles. The van der Waals surface area contributed by atoms with Crippen LogP contribution in [0.15, 0.2) is 24.3 Å². The Balaban J connectivity index is 2.46. The van der Waals surface area contributed by atoms with Crippen LogP contribution in [0.5, 0.6) is 0 Å². The van der Waals surface area contributed by atoms with Crippen molar-refractivity contribution in [2.75, 3.05) is 0 Å². The predicted molar refractivity (Wildman–Crippen MR) is 52.4 cm³/mol. The monoisotopic (exact) mass is 175 g/mol. The molecule has 0 fully saturated rings. The molecule has 0 amide bonds. The second-order valence-electron chi connectivity index (χ2n) is 3.65. The SMILES string of the molecule is CC(C)Cn1nnc2ccccc21. The van der Waals surface area contributed by atoms with E-state index >= 15 is 0 Å². The Morgan fingerprint density at radius 1 is 1.31 bits per heavy atom. The van der Waals surface area contributed by atoms with Gasteiger partial charge in [-0.1, -0.05) is 31.2 Å². The van der Waals surface area contributed by atoms with E-state index in [0.717, 1.165) is 17.6 Å². The lowest BCUT2D eigenvalue weighted by atomic mass is 10.2. The van der Waals surface area contributed by atoms with E-state index in [9.17, 15) is 0 Å². The van der Waals surface area contributed by atoms with E-state index in [4.69, 9.17) is 0 Å². The quantitative estimate of drug-likeness (QED) is 0.699. The number of nitrogens with zero attached hydrogens (tertiary/aromatic N) is 3. The molecule has 0 spiro atoms. The normalized spacial score (nSPS) is 11.3. The van der Waals surface area contributed by atoms with Crippen LogP contribution in [0.4, 0.5) is 0 Å². The molecule has 0 N–H and O–H groups in total. The van der Waals surface area contributed by atoms with Crippen molar-refractivity contribution in [3.05, 3.63) is 24.3 Å². The molecule has 0 aliphatic rings. The number of benzene rings is 1. The van der Waals surface area contributed by atoms with Crippen molar-refractivity contribution in [3.8, 4) is 0 Å². The average Bonchev–Trinajstić information content (AvgIpc) is 2.48. The molecule has 1 heterocycles. The molecule has 0 saturated heterocycles. The molecule has 0 bridgehead atoms. The third-order valence-electron chi connectivity index (χ3n) is 1.96. The largest absolute Gasteiger partial charge is 0.244 e. The lowest BCUT2D eigenvalue weighted by Crippen LogP contribution is -2.05. The second kappa shape index (κ2) is 3.17. The Hall–Kier alpha value is -1.38. The van der Waals surface area contributed by atoms with Crippen molar-refractivity contribution in [1.29, 1.82) is 0 Å². The number of hydrogen-bond donors (Lipinski definition) is 0. The molecule has 2 aromatic rings. The minimum atomic E-state index is 0.602. The smallest absolute Gasteiger partial charge is 0.113 e. The van der Waals surface area contributed by atoms with Crippen LogP contribution in [0.3, 0.4) is 0 Å². The van der Waals surface area contributed by atoms with Gasteiger partial charge in [-0.15, -0.1) is 5.10 Å². The Bertz CT molecular complexity index is 403. The maximum absolute atomic E-state index is 4.10. The van der Waals surface area contributed by atoms with Crippen molar-refractivity contribution in [3.63, 3.8) is 0 Å². The highest BCUT2D eigenvalue weighted by molar-refractivity contribution is 5.73. The molecular formula is C10H13N3. The average molecular weight is 175 g/mol. The summed E-state index contributed by atoms with van der Waals surface area (Å²) in [7, 11) is 0. The van der Waals surface area contributed by atoms with Gasteiger partial charge in [0.1, 0.15) is 5.52 Å². The van der Waals surface area contributed by atoms with E-state index in [1.165, 1.54) is 0 Å². The second-order valence-corrected chi connectivity index (χ2v) is 3.65. The molecule has 0 atom stereocenters. The molecule has 68 valence electrons. The Labute approximate surface area is 77.4 Å². The van der Waals surface area contributed by atoms with Gasteiger partial charge < -0.3 is 0 Å². The van der Waals surface area contributed by atoms with Gasteiger partial charge in [0.15, 0.2) is 0 Å². The molecule has 0 aliphatic carbocycles. The molecular weight excluding hydrogens is 162 g/mol. The summed E-state index contributed by atoms with van der Waals surface area (Å²) >= 11 is 0. The summed E-state index contributed by atoms with van der Waals surface area (Å²) in [5, 5.41) is 8.19. The van der Waals surface area contributed by atoms with Crippen LogP contribution in [-0.4, -0.2) is 15.0 Å². The third kappa shape index (κ3) is 1.54. The zero-order chi connectivity index (χ0) is 9.26. The minimum absolute atomic E-state index is 0.602. The Morgan fingerprint density at radius 3 is 2.85 bits per heavy atom. The number of hydrogen-bond acceptors (Lipinski definition) is 2. The maximum Gasteiger partial charge on any atom is 0.113 e. The van der Waals surface area contributed by atoms with Gasteiger partial charge in [0, 0.05) is 6.54 Å². The molecule has 0 radical (unpaired) electrons. The van der Waals surface area contributed by atoms with Gasteiger partial charge in [-0.05, 0) is 18.1 Å². The topological polar surface area (TPSA) is 30.7 Å². The summed E-state index contributed by atoms with van der Waals surface area (Å²) < 4.78 is 1.96. The van der Waals surface area contributed by atoms with Crippen molar-refractivity contribution >= 4 is 11.0 Å². The Kier molecular flexibility index (Phi) is 2.00. The number of fused-ring (bicyclic) bond motifs is 1. The van der Waals surface area contributed by atoms with Crippen molar-refractivity contribution in [2.45, 2.75) is 20.4 Å². The molecule has 0 aliphatic heterocycles. The molecule has 3 nitrogen and oxygen atoms in total. The first-order chi connectivity index (χ1) is 6.27. The third-order valence-corrected chi connectivity index (χ3v) is 1.96. The first-order valence-electron chi connectivity index (χ1n) is 4.55. The van der Waals surface area contributed by atoms with Crippen molar-refractivity contribution < 1.29 is 0 Å². The van der Waals surface area contributed by atoms with Crippen LogP contribution in [0.1, 0.15) is 13.8 Å².